The van der Waals surface area contributed by atoms with Crippen LogP contribution in [0.2, 0.25) is 0 Å². The number of amides is 1. The highest BCUT2D eigenvalue weighted by Gasteiger charge is 2.07. The minimum atomic E-state index is -0.427. The molecule has 6 nitrogen and oxygen atoms in total. The third-order valence-corrected chi connectivity index (χ3v) is 3.15. The van der Waals surface area contributed by atoms with Crippen LogP contribution < -0.4 is 10.9 Å². The fraction of sp³-hybridized carbons (Fsp3) is 0.167. The highest BCUT2D eigenvalue weighted by atomic mass is 32.2. The summed E-state index contributed by atoms with van der Waals surface area (Å²) in [5.74, 6) is -0.725. The van der Waals surface area contributed by atoms with Crippen LogP contribution in [0, 0.1) is 12.7 Å². The summed E-state index contributed by atoms with van der Waals surface area (Å²) in [6.07, 6.45) is 0. The molecule has 1 heterocycles. The molecule has 1 amide bonds. The van der Waals surface area contributed by atoms with E-state index in [1.807, 2.05) is 0 Å². The van der Waals surface area contributed by atoms with Crippen LogP contribution in [0.1, 0.15) is 5.69 Å². The average molecular weight is 294 g/mol. The second-order valence-electron chi connectivity index (χ2n) is 3.89. The van der Waals surface area contributed by atoms with Crippen molar-refractivity contribution >= 4 is 23.4 Å². The smallest absolute Gasteiger partial charge is 0.273 e. The van der Waals surface area contributed by atoms with Crippen LogP contribution in [-0.2, 0) is 4.79 Å². The van der Waals surface area contributed by atoms with E-state index in [4.69, 9.17) is 0 Å². The predicted octanol–water partition coefficient (Wildman–Crippen LogP) is 1.34. The van der Waals surface area contributed by atoms with E-state index in [9.17, 15) is 14.0 Å². The van der Waals surface area contributed by atoms with Crippen molar-refractivity contribution in [3.05, 3.63) is 46.1 Å². The third kappa shape index (κ3) is 3.89. The quantitative estimate of drug-likeness (QED) is 0.831. The zero-order chi connectivity index (χ0) is 14.5. The van der Waals surface area contributed by atoms with E-state index < -0.39 is 5.82 Å². The van der Waals surface area contributed by atoms with Crippen molar-refractivity contribution in [2.45, 2.75) is 12.1 Å². The maximum atomic E-state index is 12.9. The van der Waals surface area contributed by atoms with Gasteiger partial charge in [0, 0.05) is 5.69 Å². The Labute approximate surface area is 117 Å². The van der Waals surface area contributed by atoms with Gasteiger partial charge in [0.1, 0.15) is 11.5 Å². The molecule has 0 aliphatic heterocycles. The number of hydrogen-bond acceptors (Lipinski definition) is 5. The minimum Gasteiger partial charge on any atom is -0.325 e. The fourth-order valence-corrected chi connectivity index (χ4v) is 1.94. The lowest BCUT2D eigenvalue weighted by Gasteiger charge is -2.04. The van der Waals surface area contributed by atoms with E-state index >= 15 is 0 Å². The lowest BCUT2D eigenvalue weighted by atomic mass is 10.3. The van der Waals surface area contributed by atoms with E-state index in [0.717, 1.165) is 11.8 Å². The molecule has 0 spiro atoms. The highest BCUT2D eigenvalue weighted by Crippen LogP contribution is 2.12. The van der Waals surface area contributed by atoms with Gasteiger partial charge in [0.05, 0.1) is 5.75 Å². The molecule has 0 unspecified atom stereocenters. The second-order valence-corrected chi connectivity index (χ2v) is 4.86. The summed E-state index contributed by atoms with van der Waals surface area (Å²) in [6, 6.07) is 5.59. The van der Waals surface area contributed by atoms with Crippen molar-refractivity contribution in [1.29, 1.82) is 0 Å². The topological polar surface area (TPSA) is 87.7 Å². The molecule has 2 aromatic rings. The third-order valence-electron chi connectivity index (χ3n) is 2.29. The number of nitrogens with one attached hydrogen (secondary N) is 2. The van der Waals surface area contributed by atoms with Crippen LogP contribution in [0.4, 0.5) is 10.1 Å². The number of aryl methyl sites for hydroxylation is 1. The lowest BCUT2D eigenvalue weighted by Crippen LogP contribution is -2.17. The summed E-state index contributed by atoms with van der Waals surface area (Å²) < 4.78 is 12.9. The number of rotatable bonds is 4. The van der Waals surface area contributed by atoms with Crippen LogP contribution in [0.15, 0.2) is 34.2 Å². The molecule has 0 bridgehead atoms. The summed E-state index contributed by atoms with van der Waals surface area (Å²) in [5, 5.41) is 10.2. The van der Waals surface area contributed by atoms with Crippen molar-refractivity contribution in [2.24, 2.45) is 0 Å². The van der Waals surface area contributed by atoms with E-state index in [-0.39, 0.29) is 28.1 Å². The Morgan fingerprint density at radius 1 is 1.45 bits per heavy atom. The van der Waals surface area contributed by atoms with Crippen LogP contribution in [0.5, 0.6) is 0 Å². The Bertz CT molecular complexity index is 689. The van der Waals surface area contributed by atoms with Gasteiger partial charge in [-0.05, 0) is 25.1 Å². The summed E-state index contributed by atoms with van der Waals surface area (Å²) in [6.45, 7) is 1.54. The van der Waals surface area contributed by atoms with E-state index in [0.29, 0.717) is 5.69 Å². The zero-order valence-electron chi connectivity index (χ0n) is 10.5. The Kier molecular flexibility index (Phi) is 4.46. The minimum absolute atomic E-state index is 0.0319. The molecule has 1 aromatic heterocycles. The average Bonchev–Trinajstić information content (AvgIpc) is 2.40. The van der Waals surface area contributed by atoms with Gasteiger partial charge in [0.25, 0.3) is 5.56 Å². The Morgan fingerprint density at radius 2 is 2.25 bits per heavy atom. The maximum absolute atomic E-state index is 12.9. The number of H-pyrrole nitrogens is 1. The van der Waals surface area contributed by atoms with Crippen LogP contribution in [-0.4, -0.2) is 26.8 Å². The number of aromatic nitrogens is 3. The molecule has 0 saturated carbocycles. The SMILES string of the molecule is Cc1nnc(SCC(=O)Nc2cccc(F)c2)[nH]c1=O. The van der Waals surface area contributed by atoms with Gasteiger partial charge in [0.15, 0.2) is 5.16 Å². The summed E-state index contributed by atoms with van der Waals surface area (Å²) in [5.41, 5.74) is 0.297. The molecule has 0 fully saturated rings. The summed E-state index contributed by atoms with van der Waals surface area (Å²) in [4.78, 5) is 25.5. The second kappa shape index (κ2) is 6.29. The van der Waals surface area contributed by atoms with E-state index in [2.05, 4.69) is 20.5 Å². The van der Waals surface area contributed by atoms with E-state index in [1.54, 1.807) is 6.07 Å². The molecule has 8 heteroatoms. The van der Waals surface area contributed by atoms with Crippen molar-refractivity contribution < 1.29 is 9.18 Å². The first-order valence-corrected chi connectivity index (χ1v) is 6.65. The number of aromatic amines is 1. The fourth-order valence-electron chi connectivity index (χ4n) is 1.34. The molecule has 1 aromatic carbocycles. The molecule has 0 atom stereocenters. The largest absolute Gasteiger partial charge is 0.325 e. The molecular weight excluding hydrogens is 283 g/mol. The molecule has 0 aliphatic rings. The number of halogens is 1. The normalized spacial score (nSPS) is 10.3. The van der Waals surface area contributed by atoms with Crippen LogP contribution >= 0.6 is 11.8 Å². The number of anilines is 1. The van der Waals surface area contributed by atoms with Gasteiger partial charge in [-0.3, -0.25) is 14.6 Å². The first-order chi connectivity index (χ1) is 9.54. The number of carbonyl (C=O) groups excluding carboxylic acids is 1. The van der Waals surface area contributed by atoms with Crippen LogP contribution in [0.3, 0.4) is 0 Å². The maximum Gasteiger partial charge on any atom is 0.273 e. The number of benzene rings is 1. The molecule has 0 radical (unpaired) electrons. The zero-order valence-corrected chi connectivity index (χ0v) is 11.3. The summed E-state index contributed by atoms with van der Waals surface area (Å²) >= 11 is 1.04. The monoisotopic (exact) mass is 294 g/mol. The summed E-state index contributed by atoms with van der Waals surface area (Å²) in [7, 11) is 0. The number of nitrogens with zero attached hydrogens (tertiary/aromatic N) is 2. The molecule has 0 aliphatic carbocycles. The van der Waals surface area contributed by atoms with Gasteiger partial charge >= 0.3 is 0 Å². The Balaban J connectivity index is 1.92. The van der Waals surface area contributed by atoms with Crippen molar-refractivity contribution in [3.8, 4) is 0 Å². The van der Waals surface area contributed by atoms with Crippen molar-refractivity contribution in [2.75, 3.05) is 11.1 Å². The Hall–Kier alpha value is -2.22. The van der Waals surface area contributed by atoms with Gasteiger partial charge in [-0.1, -0.05) is 17.8 Å². The van der Waals surface area contributed by atoms with Crippen molar-refractivity contribution in [3.63, 3.8) is 0 Å². The van der Waals surface area contributed by atoms with Gasteiger partial charge in [-0.25, -0.2) is 4.39 Å². The lowest BCUT2D eigenvalue weighted by molar-refractivity contribution is -0.113. The first kappa shape index (κ1) is 14.2. The van der Waals surface area contributed by atoms with Gasteiger partial charge in [0.2, 0.25) is 5.91 Å². The standard InChI is InChI=1S/C12H11FN4O2S/c1-7-11(19)15-12(17-16-7)20-6-10(18)14-9-4-2-3-8(13)5-9/h2-5H,6H2,1H3,(H,14,18)(H,15,17,19). The van der Waals surface area contributed by atoms with E-state index in [1.165, 1.54) is 25.1 Å². The van der Waals surface area contributed by atoms with Gasteiger partial charge in [-0.15, -0.1) is 10.2 Å². The number of thioether (sulfide) groups is 1. The van der Waals surface area contributed by atoms with Crippen molar-refractivity contribution in [1.82, 2.24) is 15.2 Å². The molecule has 20 heavy (non-hydrogen) atoms. The number of hydrogen-bond donors (Lipinski definition) is 2. The molecule has 104 valence electrons. The molecular formula is C12H11FN4O2S. The molecule has 2 N–H and O–H groups in total. The highest BCUT2D eigenvalue weighted by molar-refractivity contribution is 7.99. The number of carbonyl (C=O) groups is 1. The Morgan fingerprint density at radius 3 is 2.95 bits per heavy atom. The molecule has 0 saturated heterocycles. The first-order valence-electron chi connectivity index (χ1n) is 5.66. The molecule has 2 rings (SSSR count). The van der Waals surface area contributed by atoms with Gasteiger partial charge < -0.3 is 5.32 Å². The van der Waals surface area contributed by atoms with Gasteiger partial charge in [-0.2, -0.15) is 0 Å². The predicted molar refractivity (Wildman–Crippen MR) is 73.1 cm³/mol. The van der Waals surface area contributed by atoms with Crippen LogP contribution in [0.25, 0.3) is 0 Å².